The van der Waals surface area contributed by atoms with Crippen molar-refractivity contribution in [2.45, 2.75) is 19.8 Å². The normalized spacial score (nSPS) is 12.3. The second-order valence-electron chi connectivity index (χ2n) is 5.17. The summed E-state index contributed by atoms with van der Waals surface area (Å²) in [5.41, 5.74) is 4.80. The van der Waals surface area contributed by atoms with Crippen LogP contribution in [-0.4, -0.2) is 31.8 Å². The van der Waals surface area contributed by atoms with Gasteiger partial charge in [0.05, 0.1) is 20.8 Å². The maximum atomic E-state index is 12.1. The number of aromatic nitrogens is 1. The molecule has 0 saturated carbocycles. The summed E-state index contributed by atoms with van der Waals surface area (Å²) in [5.74, 6) is 1.35. The van der Waals surface area contributed by atoms with Gasteiger partial charge in [0.15, 0.2) is 0 Å². The molecule has 0 radical (unpaired) electrons. The first kappa shape index (κ1) is 14.5. The Morgan fingerprint density at radius 2 is 1.73 bits per heavy atom. The smallest absolute Gasteiger partial charge is 0.355 e. The minimum atomic E-state index is -0.311. The molecule has 1 aliphatic rings. The Labute approximate surface area is 129 Å². The summed E-state index contributed by atoms with van der Waals surface area (Å²) in [7, 11) is 3.32. The van der Waals surface area contributed by atoms with Crippen LogP contribution in [0.15, 0.2) is 18.3 Å². The molecule has 2 aromatic rings. The molecule has 0 fully saturated rings. The topological polar surface area (TPSA) is 60.6 Å². The first-order valence-electron chi connectivity index (χ1n) is 7.28. The Morgan fingerprint density at radius 3 is 2.32 bits per heavy atom. The van der Waals surface area contributed by atoms with Crippen LogP contribution < -0.4 is 9.47 Å². The van der Waals surface area contributed by atoms with E-state index in [4.69, 9.17) is 14.2 Å². The fraction of sp³-hybridized carbons (Fsp3) is 0.353. The van der Waals surface area contributed by atoms with E-state index in [1.54, 1.807) is 21.1 Å². The number of rotatable bonds is 4. The van der Waals surface area contributed by atoms with Gasteiger partial charge in [-0.2, -0.15) is 0 Å². The number of fused-ring (bicyclic) bond motifs is 2. The summed E-state index contributed by atoms with van der Waals surface area (Å²) in [6, 6.07) is 3.82. The number of carbonyl (C=O) groups excluding carboxylic acids is 1. The van der Waals surface area contributed by atoms with E-state index < -0.39 is 0 Å². The van der Waals surface area contributed by atoms with E-state index in [1.807, 2.05) is 18.3 Å². The molecule has 1 heterocycles. The van der Waals surface area contributed by atoms with E-state index in [9.17, 15) is 4.79 Å². The monoisotopic (exact) mass is 301 g/mol. The van der Waals surface area contributed by atoms with Crippen LogP contribution in [0.2, 0.25) is 0 Å². The average molecular weight is 301 g/mol. The zero-order chi connectivity index (χ0) is 15.7. The van der Waals surface area contributed by atoms with E-state index in [0.717, 1.165) is 33.8 Å². The van der Waals surface area contributed by atoms with Crippen molar-refractivity contribution in [1.82, 2.24) is 4.98 Å². The summed E-state index contributed by atoms with van der Waals surface area (Å²) in [4.78, 5) is 15.1. The van der Waals surface area contributed by atoms with Crippen molar-refractivity contribution >= 4 is 5.97 Å². The van der Waals surface area contributed by atoms with Crippen molar-refractivity contribution in [1.29, 1.82) is 0 Å². The number of hydrogen-bond donors (Lipinski definition) is 1. The number of aromatic amines is 1. The number of carbonyl (C=O) groups is 1. The SMILES string of the molecule is CCOC(=O)c1[nH]cc2c1Cc1c(OC)ccc(OC)c1C2. The predicted molar refractivity (Wildman–Crippen MR) is 81.9 cm³/mol. The molecule has 0 bridgehead atoms. The Morgan fingerprint density at radius 1 is 1.09 bits per heavy atom. The molecule has 1 aromatic heterocycles. The molecule has 0 amide bonds. The van der Waals surface area contributed by atoms with Gasteiger partial charge in [0, 0.05) is 30.2 Å². The van der Waals surface area contributed by atoms with Crippen LogP contribution in [0, 0.1) is 0 Å². The van der Waals surface area contributed by atoms with Crippen molar-refractivity contribution in [3.63, 3.8) is 0 Å². The summed E-state index contributed by atoms with van der Waals surface area (Å²) in [6.45, 7) is 2.16. The quantitative estimate of drug-likeness (QED) is 0.753. The third-order valence-electron chi connectivity index (χ3n) is 4.07. The standard InChI is InChI=1S/C17H19NO4/c1-4-22-17(19)16-11-8-13-12(7-10(11)9-18-16)14(20-2)5-6-15(13)21-3/h5-6,9,18H,4,7-8H2,1-3H3. The summed E-state index contributed by atoms with van der Waals surface area (Å²) < 4.78 is 16.0. The fourth-order valence-corrected chi connectivity index (χ4v) is 3.03. The molecule has 22 heavy (non-hydrogen) atoms. The first-order valence-corrected chi connectivity index (χ1v) is 7.28. The number of ether oxygens (including phenoxy) is 3. The second-order valence-corrected chi connectivity index (χ2v) is 5.17. The van der Waals surface area contributed by atoms with Crippen LogP contribution in [0.4, 0.5) is 0 Å². The molecular formula is C17H19NO4. The molecule has 0 spiro atoms. The lowest BCUT2D eigenvalue weighted by Crippen LogP contribution is -2.13. The highest BCUT2D eigenvalue weighted by atomic mass is 16.5. The zero-order valence-electron chi connectivity index (χ0n) is 13.0. The number of H-pyrrole nitrogens is 1. The summed E-state index contributed by atoms with van der Waals surface area (Å²) >= 11 is 0. The van der Waals surface area contributed by atoms with Gasteiger partial charge in [0.25, 0.3) is 0 Å². The van der Waals surface area contributed by atoms with Crippen LogP contribution in [-0.2, 0) is 17.6 Å². The van der Waals surface area contributed by atoms with Gasteiger partial charge in [0.1, 0.15) is 17.2 Å². The Balaban J connectivity index is 2.05. The second kappa shape index (κ2) is 5.75. The molecule has 1 aromatic carbocycles. The third kappa shape index (κ3) is 2.22. The summed E-state index contributed by atoms with van der Waals surface area (Å²) in [5, 5.41) is 0. The average Bonchev–Trinajstić information content (AvgIpc) is 2.95. The van der Waals surface area contributed by atoms with Crippen molar-refractivity contribution in [2.24, 2.45) is 0 Å². The number of benzene rings is 1. The molecule has 3 rings (SSSR count). The lowest BCUT2D eigenvalue weighted by atomic mass is 9.86. The van der Waals surface area contributed by atoms with Gasteiger partial charge in [-0.15, -0.1) is 0 Å². The van der Waals surface area contributed by atoms with Crippen molar-refractivity contribution in [3.8, 4) is 11.5 Å². The minimum Gasteiger partial charge on any atom is -0.496 e. The van der Waals surface area contributed by atoms with Crippen molar-refractivity contribution in [3.05, 3.63) is 46.3 Å². The van der Waals surface area contributed by atoms with Gasteiger partial charge in [-0.25, -0.2) is 4.79 Å². The number of esters is 1. The van der Waals surface area contributed by atoms with E-state index in [0.29, 0.717) is 25.1 Å². The van der Waals surface area contributed by atoms with E-state index in [-0.39, 0.29) is 5.97 Å². The van der Waals surface area contributed by atoms with Crippen molar-refractivity contribution in [2.75, 3.05) is 20.8 Å². The number of nitrogens with one attached hydrogen (secondary N) is 1. The van der Waals surface area contributed by atoms with Gasteiger partial charge in [-0.3, -0.25) is 0 Å². The van der Waals surface area contributed by atoms with Gasteiger partial charge >= 0.3 is 5.97 Å². The van der Waals surface area contributed by atoms with Crippen LogP contribution in [0.5, 0.6) is 11.5 Å². The molecule has 1 N–H and O–H groups in total. The Bertz CT molecular complexity index is 718. The molecule has 116 valence electrons. The highest BCUT2D eigenvalue weighted by Crippen LogP contribution is 2.39. The van der Waals surface area contributed by atoms with Crippen LogP contribution in [0.1, 0.15) is 39.7 Å². The number of hydrogen-bond acceptors (Lipinski definition) is 4. The molecule has 0 saturated heterocycles. The summed E-state index contributed by atoms with van der Waals surface area (Å²) in [6.07, 6.45) is 3.22. The molecule has 0 atom stereocenters. The molecule has 5 nitrogen and oxygen atoms in total. The third-order valence-corrected chi connectivity index (χ3v) is 4.07. The van der Waals surface area contributed by atoms with Crippen LogP contribution >= 0.6 is 0 Å². The molecule has 0 aliphatic heterocycles. The van der Waals surface area contributed by atoms with Gasteiger partial charge < -0.3 is 19.2 Å². The molecule has 5 heteroatoms. The maximum Gasteiger partial charge on any atom is 0.355 e. The molecular weight excluding hydrogens is 282 g/mol. The van der Waals surface area contributed by atoms with Gasteiger partial charge in [0.2, 0.25) is 0 Å². The van der Waals surface area contributed by atoms with E-state index >= 15 is 0 Å². The largest absolute Gasteiger partial charge is 0.496 e. The van der Waals surface area contributed by atoms with Gasteiger partial charge in [-0.05, 0) is 30.2 Å². The zero-order valence-corrected chi connectivity index (χ0v) is 13.0. The van der Waals surface area contributed by atoms with E-state index in [2.05, 4.69) is 4.98 Å². The Kier molecular flexibility index (Phi) is 3.79. The highest BCUT2D eigenvalue weighted by molar-refractivity contribution is 5.90. The van der Waals surface area contributed by atoms with Crippen LogP contribution in [0.3, 0.4) is 0 Å². The van der Waals surface area contributed by atoms with E-state index in [1.165, 1.54) is 0 Å². The highest BCUT2D eigenvalue weighted by Gasteiger charge is 2.27. The molecule has 0 unspecified atom stereocenters. The number of methoxy groups -OCH3 is 2. The molecule has 1 aliphatic carbocycles. The lowest BCUT2D eigenvalue weighted by molar-refractivity contribution is 0.0519. The minimum absolute atomic E-state index is 0.311. The Hall–Kier alpha value is -2.43. The van der Waals surface area contributed by atoms with Gasteiger partial charge in [-0.1, -0.05) is 0 Å². The predicted octanol–water partition coefficient (Wildman–Crippen LogP) is 2.70. The maximum absolute atomic E-state index is 12.1. The van der Waals surface area contributed by atoms with Crippen LogP contribution in [0.25, 0.3) is 0 Å². The fourth-order valence-electron chi connectivity index (χ4n) is 3.03. The van der Waals surface area contributed by atoms with Crippen molar-refractivity contribution < 1.29 is 19.0 Å². The first-order chi connectivity index (χ1) is 10.7. The lowest BCUT2D eigenvalue weighted by Gasteiger charge is -2.22.